The second-order valence-electron chi connectivity index (χ2n) is 5.49. The molecular weight excluding hydrogens is 326 g/mol. The topological polar surface area (TPSA) is 69.6 Å². The number of rotatable bonds is 4. The second-order valence-corrected chi connectivity index (χ2v) is 5.93. The molecule has 0 aliphatic rings. The van der Waals surface area contributed by atoms with Crippen molar-refractivity contribution >= 4 is 28.3 Å². The van der Waals surface area contributed by atoms with Crippen molar-refractivity contribution in [1.82, 2.24) is 5.32 Å². The zero-order valence-corrected chi connectivity index (χ0v) is 13.5. The fourth-order valence-corrected chi connectivity index (χ4v) is 2.68. The van der Waals surface area contributed by atoms with E-state index in [0.717, 1.165) is 10.8 Å². The number of fused-ring (bicyclic) bond motifs is 1. The van der Waals surface area contributed by atoms with Gasteiger partial charge in [-0.2, -0.15) is 0 Å². The van der Waals surface area contributed by atoms with Gasteiger partial charge in [0.2, 0.25) is 0 Å². The van der Waals surface area contributed by atoms with Gasteiger partial charge in [-0.15, -0.1) is 0 Å². The van der Waals surface area contributed by atoms with E-state index in [1.165, 1.54) is 18.2 Å². The Hall–Kier alpha value is -2.56. The highest BCUT2D eigenvalue weighted by molar-refractivity contribution is 6.31. The molecule has 0 aromatic heterocycles. The number of aliphatic hydroxyl groups excluding tert-OH is 1. The molecule has 3 aromatic carbocycles. The van der Waals surface area contributed by atoms with Crippen molar-refractivity contribution in [3.8, 4) is 5.75 Å². The summed E-state index contributed by atoms with van der Waals surface area (Å²) >= 11 is 5.83. The number of halogens is 1. The first-order chi connectivity index (χ1) is 11.5. The molecule has 1 atom stereocenters. The molecule has 3 rings (SSSR count). The summed E-state index contributed by atoms with van der Waals surface area (Å²) < 4.78 is 0. The Labute approximate surface area is 144 Å². The molecule has 1 amide bonds. The minimum atomic E-state index is -0.847. The number of aromatic hydroxyl groups is 1. The Balaban J connectivity index is 1.71. The molecule has 0 saturated heterocycles. The van der Waals surface area contributed by atoms with Crippen molar-refractivity contribution in [3.63, 3.8) is 0 Å². The smallest absolute Gasteiger partial charge is 0.255 e. The fraction of sp³-hybridized carbons (Fsp3) is 0.105. The summed E-state index contributed by atoms with van der Waals surface area (Å²) in [7, 11) is 0. The number of carbonyl (C=O) groups excluding carboxylic acids is 1. The monoisotopic (exact) mass is 341 g/mol. The lowest BCUT2D eigenvalue weighted by molar-refractivity contribution is 0.0913. The first-order valence-corrected chi connectivity index (χ1v) is 7.86. The maximum Gasteiger partial charge on any atom is 0.255 e. The molecule has 5 heteroatoms. The van der Waals surface area contributed by atoms with Crippen LogP contribution < -0.4 is 5.32 Å². The number of hydrogen-bond donors (Lipinski definition) is 3. The van der Waals surface area contributed by atoms with E-state index in [-0.39, 0.29) is 17.9 Å². The number of hydrogen-bond acceptors (Lipinski definition) is 3. The van der Waals surface area contributed by atoms with E-state index in [1.54, 1.807) is 0 Å². The molecule has 0 bridgehead atoms. The lowest BCUT2D eigenvalue weighted by atomic mass is 10.0. The van der Waals surface area contributed by atoms with Crippen molar-refractivity contribution in [3.05, 3.63) is 76.8 Å². The first-order valence-electron chi connectivity index (χ1n) is 7.48. The van der Waals surface area contributed by atoms with Gasteiger partial charge < -0.3 is 15.5 Å². The molecule has 122 valence electrons. The van der Waals surface area contributed by atoms with Gasteiger partial charge in [0.1, 0.15) is 5.75 Å². The van der Waals surface area contributed by atoms with E-state index >= 15 is 0 Å². The maximum atomic E-state index is 12.1. The van der Waals surface area contributed by atoms with Gasteiger partial charge in [-0.25, -0.2) is 0 Å². The zero-order chi connectivity index (χ0) is 17.1. The van der Waals surface area contributed by atoms with Crippen LogP contribution in [-0.2, 0) is 0 Å². The number of amides is 1. The Kier molecular flexibility index (Phi) is 4.69. The normalized spacial score (nSPS) is 12.1. The van der Waals surface area contributed by atoms with Gasteiger partial charge in [0.25, 0.3) is 5.91 Å². The molecule has 0 radical (unpaired) electrons. The van der Waals surface area contributed by atoms with Crippen LogP contribution in [0.4, 0.5) is 0 Å². The summed E-state index contributed by atoms with van der Waals surface area (Å²) in [6.07, 6.45) is -0.847. The average Bonchev–Trinajstić information content (AvgIpc) is 2.61. The molecule has 0 fully saturated rings. The number of nitrogens with one attached hydrogen (secondary N) is 1. The molecule has 3 N–H and O–H groups in total. The SMILES string of the molecule is O=C(NCC(O)c1ccc2ccccc2c1)c1cc(Cl)ccc1O. The van der Waals surface area contributed by atoms with Gasteiger partial charge in [0.05, 0.1) is 11.7 Å². The molecule has 1 unspecified atom stereocenters. The van der Waals surface area contributed by atoms with E-state index in [0.29, 0.717) is 10.6 Å². The van der Waals surface area contributed by atoms with Crippen molar-refractivity contribution in [2.24, 2.45) is 0 Å². The van der Waals surface area contributed by atoms with Crippen molar-refractivity contribution in [2.45, 2.75) is 6.10 Å². The van der Waals surface area contributed by atoms with Gasteiger partial charge in [-0.1, -0.05) is 48.0 Å². The third-order valence-corrected chi connectivity index (χ3v) is 4.05. The Morgan fingerprint density at radius 2 is 1.79 bits per heavy atom. The lowest BCUT2D eigenvalue weighted by Crippen LogP contribution is -2.28. The summed E-state index contributed by atoms with van der Waals surface area (Å²) in [5, 5.41) is 25.1. The minimum absolute atomic E-state index is 0.0309. The van der Waals surface area contributed by atoms with Crippen molar-refractivity contribution < 1.29 is 15.0 Å². The molecule has 24 heavy (non-hydrogen) atoms. The Morgan fingerprint density at radius 3 is 2.58 bits per heavy atom. The molecule has 0 spiro atoms. The summed E-state index contributed by atoms with van der Waals surface area (Å²) in [6, 6.07) is 17.7. The van der Waals surface area contributed by atoms with Gasteiger partial charge >= 0.3 is 0 Å². The highest BCUT2D eigenvalue weighted by atomic mass is 35.5. The number of carbonyl (C=O) groups is 1. The standard InChI is InChI=1S/C19H16ClNO3/c20-15-7-8-17(22)16(10-15)19(24)21-11-18(23)14-6-5-12-3-1-2-4-13(12)9-14/h1-10,18,22-23H,11H2,(H,21,24). The van der Waals surface area contributed by atoms with E-state index in [2.05, 4.69) is 5.32 Å². The molecule has 0 saturated carbocycles. The largest absolute Gasteiger partial charge is 0.507 e. The van der Waals surface area contributed by atoms with Gasteiger partial charge in [0.15, 0.2) is 0 Å². The van der Waals surface area contributed by atoms with Crippen LogP contribution in [0.3, 0.4) is 0 Å². The predicted octanol–water partition coefficient (Wildman–Crippen LogP) is 3.66. The summed E-state index contributed by atoms with van der Waals surface area (Å²) in [6.45, 7) is 0.0309. The van der Waals surface area contributed by atoms with E-state index < -0.39 is 12.0 Å². The van der Waals surface area contributed by atoms with Crippen LogP contribution in [0.25, 0.3) is 10.8 Å². The number of aliphatic hydroxyl groups is 1. The van der Waals surface area contributed by atoms with Gasteiger partial charge in [-0.05, 0) is 40.6 Å². The predicted molar refractivity (Wildman–Crippen MR) is 94.4 cm³/mol. The molecule has 4 nitrogen and oxygen atoms in total. The highest BCUT2D eigenvalue weighted by Gasteiger charge is 2.14. The maximum absolute atomic E-state index is 12.1. The fourth-order valence-electron chi connectivity index (χ4n) is 2.51. The van der Waals surface area contributed by atoms with Crippen molar-refractivity contribution in [2.75, 3.05) is 6.54 Å². The molecule has 0 aliphatic heterocycles. The van der Waals surface area contributed by atoms with Crippen LogP contribution in [-0.4, -0.2) is 22.7 Å². The number of phenolic OH excluding ortho intramolecular Hbond substituents is 1. The molecule has 0 aliphatic carbocycles. The quantitative estimate of drug-likeness (QED) is 0.678. The van der Waals surface area contributed by atoms with Crippen LogP contribution in [0.2, 0.25) is 5.02 Å². The highest BCUT2D eigenvalue weighted by Crippen LogP contribution is 2.22. The lowest BCUT2D eigenvalue weighted by Gasteiger charge is -2.13. The summed E-state index contributed by atoms with van der Waals surface area (Å²) in [5.74, 6) is -0.646. The van der Waals surface area contributed by atoms with Crippen LogP contribution >= 0.6 is 11.6 Å². The Morgan fingerprint density at radius 1 is 1.04 bits per heavy atom. The van der Waals surface area contributed by atoms with Gasteiger partial charge in [0, 0.05) is 11.6 Å². The second kappa shape index (κ2) is 6.91. The minimum Gasteiger partial charge on any atom is -0.507 e. The molecule has 0 heterocycles. The third kappa shape index (κ3) is 3.50. The van der Waals surface area contributed by atoms with E-state index in [1.807, 2.05) is 42.5 Å². The summed E-state index contributed by atoms with van der Waals surface area (Å²) in [5.41, 5.74) is 0.789. The number of phenols is 1. The van der Waals surface area contributed by atoms with Crippen LogP contribution in [0.5, 0.6) is 5.75 Å². The Bertz CT molecular complexity index is 895. The van der Waals surface area contributed by atoms with E-state index in [4.69, 9.17) is 11.6 Å². The third-order valence-electron chi connectivity index (χ3n) is 3.82. The first kappa shape index (κ1) is 16.3. The van der Waals surface area contributed by atoms with Crippen LogP contribution in [0.1, 0.15) is 22.0 Å². The zero-order valence-electron chi connectivity index (χ0n) is 12.7. The van der Waals surface area contributed by atoms with E-state index in [9.17, 15) is 15.0 Å². The van der Waals surface area contributed by atoms with Crippen LogP contribution in [0.15, 0.2) is 60.7 Å². The molecule has 3 aromatic rings. The molecular formula is C19H16ClNO3. The van der Waals surface area contributed by atoms with Crippen molar-refractivity contribution in [1.29, 1.82) is 0 Å². The average molecular weight is 342 g/mol. The number of benzene rings is 3. The van der Waals surface area contributed by atoms with Crippen LogP contribution in [0, 0.1) is 0 Å². The summed E-state index contributed by atoms with van der Waals surface area (Å²) in [4.78, 5) is 12.1. The van der Waals surface area contributed by atoms with Gasteiger partial charge in [-0.3, -0.25) is 4.79 Å².